The molecule has 46 heavy (non-hydrogen) atoms. The maximum absolute atomic E-state index is 14.8. The lowest BCUT2D eigenvalue weighted by Gasteiger charge is -2.74. The van der Waals surface area contributed by atoms with Gasteiger partial charge in [-0.05, 0) is 38.2 Å². The molecule has 3 aromatic heterocycles. The molecule has 2 aliphatic heterocycles. The van der Waals surface area contributed by atoms with E-state index in [-0.39, 0.29) is 68.5 Å². The zero-order chi connectivity index (χ0) is 32.6. The Balaban J connectivity index is 1.22. The monoisotopic (exact) mass is 639 g/mol. The number of rotatable bonds is 7. The Morgan fingerprint density at radius 2 is 1.89 bits per heavy atom. The van der Waals surface area contributed by atoms with Crippen LogP contribution in [0.1, 0.15) is 60.8 Å². The van der Waals surface area contributed by atoms with Gasteiger partial charge in [-0.3, -0.25) is 14.4 Å². The van der Waals surface area contributed by atoms with Gasteiger partial charge in [0.15, 0.2) is 17.3 Å². The molecule has 16 heteroatoms. The first kappa shape index (κ1) is 30.2. The second-order valence-corrected chi connectivity index (χ2v) is 12.8. The highest BCUT2D eigenvalue weighted by atomic mass is 19.3. The summed E-state index contributed by atoms with van der Waals surface area (Å²) in [5.41, 5.74) is -1.25. The van der Waals surface area contributed by atoms with Crippen molar-refractivity contribution in [2.75, 3.05) is 44.3 Å². The van der Waals surface area contributed by atoms with Crippen molar-refractivity contribution < 1.29 is 28.2 Å². The Bertz CT molecular complexity index is 1850. The molecule has 0 atom stereocenters. The van der Waals surface area contributed by atoms with Crippen molar-refractivity contribution in [2.45, 2.75) is 64.5 Å². The third-order valence-corrected chi connectivity index (χ3v) is 9.93. The molecule has 1 saturated heterocycles. The van der Waals surface area contributed by atoms with Crippen LogP contribution in [0.15, 0.2) is 17.2 Å². The fourth-order valence-electron chi connectivity index (χ4n) is 7.41. The van der Waals surface area contributed by atoms with E-state index in [1.165, 1.54) is 17.8 Å². The normalized spacial score (nSPS) is 25.1. The predicted octanol–water partition coefficient (Wildman–Crippen LogP) is 1.33. The molecule has 0 unspecified atom stereocenters. The van der Waals surface area contributed by atoms with Gasteiger partial charge in [0.2, 0.25) is 11.7 Å². The van der Waals surface area contributed by atoms with Crippen molar-refractivity contribution >= 4 is 28.9 Å². The molecule has 5 heterocycles. The zero-order valence-electron chi connectivity index (χ0n) is 25.8. The van der Waals surface area contributed by atoms with E-state index >= 15 is 0 Å². The van der Waals surface area contributed by atoms with Crippen LogP contribution in [0.3, 0.4) is 0 Å². The van der Waals surface area contributed by atoms with E-state index in [0.717, 1.165) is 5.57 Å². The van der Waals surface area contributed by atoms with Gasteiger partial charge >= 0.3 is 0 Å². The van der Waals surface area contributed by atoms with E-state index in [4.69, 9.17) is 4.74 Å². The number of amides is 2. The standard InChI is InChI=1S/C30H35F2N9O5/c1-4-19-22(38-7-9-39(10-8-38)25(44)21-23(43)17(2)33-16-34-21)26(45)41-27(35-24(37-41)18-5-11-46-12-6-18)40(19)13-20(42)36-29-14-28(3,15-29)30(29,31)32/h5,16,43H,4,6-15H2,1-3H3,(H,36,42). The molecule has 5 aliphatic rings. The molecule has 14 nitrogen and oxygen atoms in total. The van der Waals surface area contributed by atoms with Gasteiger partial charge in [0, 0.05) is 31.6 Å². The van der Waals surface area contributed by atoms with E-state index in [2.05, 4.69) is 25.4 Å². The first-order valence-corrected chi connectivity index (χ1v) is 15.4. The molecule has 4 fully saturated rings. The average molecular weight is 640 g/mol. The van der Waals surface area contributed by atoms with Crippen LogP contribution in [0.2, 0.25) is 0 Å². The van der Waals surface area contributed by atoms with E-state index in [1.807, 2.05) is 17.9 Å². The molecule has 8 rings (SSSR count). The van der Waals surface area contributed by atoms with Crippen LogP contribution in [0.5, 0.6) is 5.75 Å². The molecule has 3 aliphatic carbocycles. The minimum atomic E-state index is -2.98. The lowest BCUT2D eigenvalue weighted by molar-refractivity contribution is -0.363. The summed E-state index contributed by atoms with van der Waals surface area (Å²) >= 11 is 0. The summed E-state index contributed by atoms with van der Waals surface area (Å²) in [6.45, 7) is 6.48. The second kappa shape index (κ2) is 10.5. The smallest absolute Gasteiger partial charge is 0.299 e. The number of aromatic hydroxyl groups is 1. The Morgan fingerprint density at radius 3 is 2.52 bits per heavy atom. The van der Waals surface area contributed by atoms with Crippen molar-refractivity contribution in [3.8, 4) is 5.75 Å². The van der Waals surface area contributed by atoms with Crippen molar-refractivity contribution in [3.63, 3.8) is 0 Å². The van der Waals surface area contributed by atoms with Gasteiger partial charge in [-0.2, -0.15) is 9.50 Å². The van der Waals surface area contributed by atoms with Gasteiger partial charge in [0.05, 0.1) is 24.6 Å². The first-order chi connectivity index (χ1) is 21.9. The van der Waals surface area contributed by atoms with Gasteiger partial charge in [0.1, 0.15) is 24.1 Å². The number of nitrogens with one attached hydrogen (secondary N) is 1. The highest BCUT2D eigenvalue weighted by Gasteiger charge is 2.86. The number of aromatic nitrogens is 6. The van der Waals surface area contributed by atoms with Crippen LogP contribution in [0.25, 0.3) is 11.4 Å². The summed E-state index contributed by atoms with van der Waals surface area (Å²) in [5, 5.41) is 17.5. The van der Waals surface area contributed by atoms with Crippen molar-refractivity contribution in [1.29, 1.82) is 0 Å². The summed E-state index contributed by atoms with van der Waals surface area (Å²) < 4.78 is 37.7. The van der Waals surface area contributed by atoms with Gasteiger partial charge in [-0.1, -0.05) is 19.9 Å². The molecule has 3 saturated carbocycles. The number of carbonyl (C=O) groups excluding carboxylic acids is 2. The number of fused-ring (bicyclic) bond motifs is 1. The molecule has 244 valence electrons. The number of carbonyl (C=O) groups is 2. The quantitative estimate of drug-likeness (QED) is 0.386. The van der Waals surface area contributed by atoms with Gasteiger partial charge in [0.25, 0.3) is 17.4 Å². The number of hydrogen-bond acceptors (Lipinski definition) is 10. The maximum atomic E-state index is 14.8. The van der Waals surface area contributed by atoms with Gasteiger partial charge in [-0.25, -0.2) is 18.7 Å². The number of alkyl halides is 2. The Kier molecular flexibility index (Phi) is 6.92. The molecule has 0 aromatic carbocycles. The maximum Gasteiger partial charge on any atom is 0.299 e. The average Bonchev–Trinajstić information content (AvgIpc) is 3.49. The van der Waals surface area contributed by atoms with Crippen molar-refractivity contribution in [3.05, 3.63) is 45.7 Å². The van der Waals surface area contributed by atoms with Crippen LogP contribution in [0.4, 0.5) is 14.5 Å². The van der Waals surface area contributed by atoms with Crippen LogP contribution in [-0.4, -0.2) is 102 Å². The number of halogens is 2. The Morgan fingerprint density at radius 1 is 1.15 bits per heavy atom. The largest absolute Gasteiger partial charge is 0.504 e. The first-order valence-electron chi connectivity index (χ1n) is 15.4. The molecular weight excluding hydrogens is 604 g/mol. The Labute approximate surface area is 262 Å². The van der Waals surface area contributed by atoms with Crippen molar-refractivity contribution in [1.82, 2.24) is 39.3 Å². The van der Waals surface area contributed by atoms with Crippen LogP contribution < -0.4 is 15.8 Å². The zero-order valence-corrected chi connectivity index (χ0v) is 25.8. The van der Waals surface area contributed by atoms with E-state index < -0.39 is 34.3 Å². The SMILES string of the molecule is CCc1c(N2CCN(C(=O)c3ncnc(C)c3O)CC2)c(=O)n2nc(C3=CCOCC3)nc2n1CC(=O)NC12CC(C)(C1)C2(F)F. The number of hydrogen-bond donors (Lipinski definition) is 2. The van der Waals surface area contributed by atoms with Gasteiger partial charge < -0.3 is 29.5 Å². The third kappa shape index (κ3) is 4.32. The summed E-state index contributed by atoms with van der Waals surface area (Å²) in [5.74, 6) is -3.83. The topological polar surface area (TPSA) is 160 Å². The molecule has 0 radical (unpaired) electrons. The Hall–Kier alpha value is -4.47. The van der Waals surface area contributed by atoms with Crippen LogP contribution >= 0.6 is 0 Å². The third-order valence-electron chi connectivity index (χ3n) is 9.93. The fourth-order valence-corrected chi connectivity index (χ4v) is 7.41. The van der Waals surface area contributed by atoms with E-state index in [9.17, 15) is 28.3 Å². The predicted molar refractivity (Wildman–Crippen MR) is 160 cm³/mol. The molecule has 2 bridgehead atoms. The number of piperazine rings is 1. The fraction of sp³-hybridized carbons (Fsp3) is 0.567. The molecule has 0 spiro atoms. The number of ether oxygens (including phenoxy) is 1. The van der Waals surface area contributed by atoms with Crippen LogP contribution in [-0.2, 0) is 22.5 Å². The number of aryl methyl sites for hydroxylation is 1. The highest BCUT2D eigenvalue weighted by molar-refractivity contribution is 5.95. The molecular formula is C30H35F2N9O5. The number of anilines is 1. The lowest BCUT2D eigenvalue weighted by Crippen LogP contribution is -2.88. The molecule has 3 aromatic rings. The van der Waals surface area contributed by atoms with Gasteiger partial charge in [-0.15, -0.1) is 5.10 Å². The minimum absolute atomic E-state index is 0.0918. The number of nitrogens with zero attached hydrogens (tertiary/aromatic N) is 8. The second-order valence-electron chi connectivity index (χ2n) is 12.8. The summed E-state index contributed by atoms with van der Waals surface area (Å²) in [6.07, 6.45) is 4.38. The lowest BCUT2D eigenvalue weighted by atomic mass is 9.37. The minimum Gasteiger partial charge on any atom is -0.504 e. The summed E-state index contributed by atoms with van der Waals surface area (Å²) in [7, 11) is 0. The van der Waals surface area contributed by atoms with E-state index in [0.29, 0.717) is 43.3 Å². The summed E-state index contributed by atoms with van der Waals surface area (Å²) in [4.78, 5) is 56.6. The summed E-state index contributed by atoms with van der Waals surface area (Å²) in [6, 6.07) is 0. The molecule has 2 amide bonds. The van der Waals surface area contributed by atoms with Crippen LogP contribution in [0, 0.1) is 12.3 Å². The highest BCUT2D eigenvalue weighted by Crippen LogP contribution is 2.75. The van der Waals surface area contributed by atoms with Crippen molar-refractivity contribution in [2.24, 2.45) is 5.41 Å². The molecule has 2 N–H and O–H groups in total. The van der Waals surface area contributed by atoms with E-state index in [1.54, 1.807) is 16.4 Å².